The summed E-state index contributed by atoms with van der Waals surface area (Å²) in [6, 6.07) is 6.01. The number of hydrogen-bond acceptors (Lipinski definition) is 3. The molecule has 118 valence electrons. The Morgan fingerprint density at radius 2 is 2.05 bits per heavy atom. The molecule has 2 N–H and O–H groups in total. The van der Waals surface area contributed by atoms with E-state index in [-0.39, 0.29) is 11.4 Å². The molecule has 1 rings (SSSR count). The van der Waals surface area contributed by atoms with Gasteiger partial charge in [0, 0.05) is 18.6 Å². The first kappa shape index (κ1) is 18.0. The third-order valence-corrected chi connectivity index (χ3v) is 3.40. The Bertz CT molecular complexity index is 470. The topological polar surface area (TPSA) is 50.4 Å². The second-order valence-electron chi connectivity index (χ2n) is 5.92. The Kier molecular flexibility index (Phi) is 7.18. The van der Waals surface area contributed by atoms with Gasteiger partial charge in [-0.15, -0.1) is 0 Å². The molecule has 0 spiro atoms. The average molecular weight is 357 g/mol. The monoisotopic (exact) mass is 356 g/mol. The summed E-state index contributed by atoms with van der Waals surface area (Å²) >= 11 is 3.51. The molecule has 0 heterocycles. The van der Waals surface area contributed by atoms with E-state index in [0.29, 0.717) is 19.6 Å². The van der Waals surface area contributed by atoms with Crippen LogP contribution in [0.2, 0.25) is 0 Å². The number of halogens is 1. The van der Waals surface area contributed by atoms with Crippen LogP contribution in [-0.4, -0.2) is 24.6 Å². The number of benzene rings is 1. The molecule has 1 aromatic rings. The molecule has 0 aliphatic carbocycles. The Labute approximate surface area is 135 Å². The normalized spacial score (nSPS) is 11.3. The fraction of sp³-hybridized carbons (Fsp3) is 0.562. The van der Waals surface area contributed by atoms with Crippen molar-refractivity contribution in [2.24, 2.45) is 0 Å². The third-order valence-electron chi connectivity index (χ3n) is 2.78. The molecular formula is C16H25BrN2O2. The fourth-order valence-electron chi connectivity index (χ4n) is 1.68. The number of hydrogen-bond donors (Lipinski definition) is 2. The van der Waals surface area contributed by atoms with E-state index < -0.39 is 0 Å². The number of ether oxygens (including phenoxy) is 1. The first-order valence-electron chi connectivity index (χ1n) is 7.25. The van der Waals surface area contributed by atoms with Crippen molar-refractivity contribution in [1.82, 2.24) is 10.6 Å². The van der Waals surface area contributed by atoms with Crippen molar-refractivity contribution in [2.75, 3.05) is 13.2 Å². The molecule has 0 aliphatic rings. The summed E-state index contributed by atoms with van der Waals surface area (Å²) in [5, 5.41) is 6.19. The smallest absolute Gasteiger partial charge is 0.223 e. The maximum atomic E-state index is 11.3. The van der Waals surface area contributed by atoms with Gasteiger partial charge in [0.15, 0.2) is 0 Å². The number of nitrogens with one attached hydrogen (secondary N) is 2. The molecule has 0 aliphatic heterocycles. The number of rotatable bonds is 7. The van der Waals surface area contributed by atoms with Gasteiger partial charge in [0.1, 0.15) is 5.75 Å². The quantitative estimate of drug-likeness (QED) is 0.788. The summed E-state index contributed by atoms with van der Waals surface area (Å²) in [5.74, 6) is 0.776. The van der Waals surface area contributed by atoms with Gasteiger partial charge >= 0.3 is 0 Å². The van der Waals surface area contributed by atoms with Crippen LogP contribution < -0.4 is 15.4 Å². The molecule has 0 unspecified atom stereocenters. The van der Waals surface area contributed by atoms with Crippen LogP contribution in [0.4, 0.5) is 0 Å². The van der Waals surface area contributed by atoms with E-state index in [1.165, 1.54) is 5.56 Å². The van der Waals surface area contributed by atoms with Crippen LogP contribution in [0.5, 0.6) is 5.75 Å². The highest BCUT2D eigenvalue weighted by Crippen LogP contribution is 2.26. The van der Waals surface area contributed by atoms with Crippen molar-refractivity contribution < 1.29 is 9.53 Å². The van der Waals surface area contributed by atoms with Crippen LogP contribution in [0.15, 0.2) is 22.7 Å². The second-order valence-corrected chi connectivity index (χ2v) is 6.77. The lowest BCUT2D eigenvalue weighted by Crippen LogP contribution is -2.35. The summed E-state index contributed by atoms with van der Waals surface area (Å²) in [6.45, 7) is 10.2. The zero-order valence-electron chi connectivity index (χ0n) is 13.3. The predicted molar refractivity (Wildman–Crippen MR) is 89.5 cm³/mol. The van der Waals surface area contributed by atoms with Crippen molar-refractivity contribution in [3.8, 4) is 5.75 Å². The molecule has 0 saturated heterocycles. The molecule has 0 saturated carbocycles. The minimum absolute atomic E-state index is 0.0135. The number of amides is 1. The summed E-state index contributed by atoms with van der Waals surface area (Å²) in [6.07, 6.45) is 0.369. The lowest BCUT2D eigenvalue weighted by Gasteiger charge is -2.20. The van der Waals surface area contributed by atoms with Gasteiger partial charge in [-0.2, -0.15) is 0 Å². The highest BCUT2D eigenvalue weighted by Gasteiger charge is 2.09. The number of carbonyl (C=O) groups excluding carboxylic acids is 1. The van der Waals surface area contributed by atoms with Gasteiger partial charge in [0.25, 0.3) is 0 Å². The minimum Gasteiger partial charge on any atom is -0.492 e. The SMILES string of the molecule is CCNC(=O)CCOc1ccc(CNC(C)(C)C)cc1Br. The zero-order valence-corrected chi connectivity index (χ0v) is 14.8. The third kappa shape index (κ3) is 7.48. The van der Waals surface area contributed by atoms with Crippen molar-refractivity contribution in [1.29, 1.82) is 0 Å². The lowest BCUT2D eigenvalue weighted by atomic mass is 10.1. The molecule has 0 aromatic heterocycles. The van der Waals surface area contributed by atoms with Crippen LogP contribution >= 0.6 is 15.9 Å². The van der Waals surface area contributed by atoms with Gasteiger partial charge in [0.2, 0.25) is 5.91 Å². The first-order valence-corrected chi connectivity index (χ1v) is 8.04. The average Bonchev–Trinajstić information content (AvgIpc) is 2.38. The van der Waals surface area contributed by atoms with Gasteiger partial charge in [-0.05, 0) is 61.3 Å². The van der Waals surface area contributed by atoms with Crippen LogP contribution in [-0.2, 0) is 11.3 Å². The van der Waals surface area contributed by atoms with Crippen LogP contribution in [0.1, 0.15) is 39.7 Å². The molecule has 0 fully saturated rings. The van der Waals surface area contributed by atoms with E-state index in [0.717, 1.165) is 16.8 Å². The van der Waals surface area contributed by atoms with E-state index >= 15 is 0 Å². The Hall–Kier alpha value is -1.07. The van der Waals surface area contributed by atoms with Crippen LogP contribution in [0.25, 0.3) is 0 Å². The van der Waals surface area contributed by atoms with E-state index in [9.17, 15) is 4.79 Å². The van der Waals surface area contributed by atoms with Gasteiger partial charge in [-0.1, -0.05) is 6.07 Å². The summed E-state index contributed by atoms with van der Waals surface area (Å²) in [5.41, 5.74) is 1.28. The zero-order chi connectivity index (χ0) is 15.9. The number of carbonyl (C=O) groups is 1. The van der Waals surface area contributed by atoms with Crippen LogP contribution in [0, 0.1) is 0 Å². The van der Waals surface area contributed by atoms with Gasteiger partial charge < -0.3 is 15.4 Å². The van der Waals surface area contributed by atoms with Crippen molar-refractivity contribution in [3.05, 3.63) is 28.2 Å². The van der Waals surface area contributed by atoms with Crippen molar-refractivity contribution in [3.63, 3.8) is 0 Å². The van der Waals surface area contributed by atoms with E-state index in [4.69, 9.17) is 4.74 Å². The van der Waals surface area contributed by atoms with E-state index in [2.05, 4.69) is 47.3 Å². The molecular weight excluding hydrogens is 332 g/mol. The molecule has 21 heavy (non-hydrogen) atoms. The van der Waals surface area contributed by atoms with E-state index in [1.54, 1.807) is 0 Å². The van der Waals surface area contributed by atoms with Crippen molar-refractivity contribution >= 4 is 21.8 Å². The van der Waals surface area contributed by atoms with Gasteiger partial charge in [0.05, 0.1) is 17.5 Å². The molecule has 1 aromatic carbocycles. The molecule has 5 heteroatoms. The maximum absolute atomic E-state index is 11.3. The predicted octanol–water partition coefficient (Wildman–Crippen LogP) is 3.24. The Morgan fingerprint density at radius 1 is 1.33 bits per heavy atom. The van der Waals surface area contributed by atoms with Crippen molar-refractivity contribution in [2.45, 2.75) is 46.2 Å². The van der Waals surface area contributed by atoms with E-state index in [1.807, 2.05) is 25.1 Å². The van der Waals surface area contributed by atoms with Gasteiger partial charge in [-0.25, -0.2) is 0 Å². The summed E-state index contributed by atoms with van der Waals surface area (Å²) < 4.78 is 6.53. The molecule has 4 nitrogen and oxygen atoms in total. The second kappa shape index (κ2) is 8.39. The Morgan fingerprint density at radius 3 is 2.62 bits per heavy atom. The molecule has 0 atom stereocenters. The highest BCUT2D eigenvalue weighted by molar-refractivity contribution is 9.10. The van der Waals surface area contributed by atoms with Crippen LogP contribution in [0.3, 0.4) is 0 Å². The molecule has 0 radical (unpaired) electrons. The summed E-state index contributed by atoms with van der Waals surface area (Å²) in [4.78, 5) is 11.3. The minimum atomic E-state index is 0.0135. The highest BCUT2D eigenvalue weighted by atomic mass is 79.9. The standard InChI is InChI=1S/C16H25BrN2O2/c1-5-18-15(20)8-9-21-14-7-6-12(10-13(14)17)11-19-16(2,3)4/h6-7,10,19H,5,8-9,11H2,1-4H3,(H,18,20). The molecule has 0 bridgehead atoms. The van der Waals surface area contributed by atoms with Gasteiger partial charge in [-0.3, -0.25) is 4.79 Å². The first-order chi connectivity index (χ1) is 9.81. The lowest BCUT2D eigenvalue weighted by molar-refractivity contribution is -0.121. The maximum Gasteiger partial charge on any atom is 0.223 e. The fourth-order valence-corrected chi connectivity index (χ4v) is 2.22. The largest absolute Gasteiger partial charge is 0.492 e. The Balaban J connectivity index is 2.48. The summed E-state index contributed by atoms with van der Waals surface area (Å²) in [7, 11) is 0. The molecule has 1 amide bonds.